The van der Waals surface area contributed by atoms with Crippen LogP contribution in [0.25, 0.3) is 0 Å². The topological polar surface area (TPSA) is 61.7 Å². The lowest BCUT2D eigenvalue weighted by Gasteiger charge is -2.09. The number of carbonyl (C=O) groups is 1. The average molecular weight is 433 g/mol. The predicted octanol–water partition coefficient (Wildman–Crippen LogP) is 5.53. The van der Waals surface area contributed by atoms with Crippen LogP contribution in [0.15, 0.2) is 101 Å². The van der Waals surface area contributed by atoms with Crippen molar-refractivity contribution in [1.82, 2.24) is 0 Å². The lowest BCUT2D eigenvalue weighted by Crippen LogP contribution is -2.19. The highest BCUT2D eigenvalue weighted by Crippen LogP contribution is 2.36. The minimum absolute atomic E-state index is 0.00503. The first-order valence-corrected chi connectivity index (χ1v) is 10.8. The third-order valence-corrected chi connectivity index (χ3v) is 6.10. The van der Waals surface area contributed by atoms with Gasteiger partial charge in [-0.1, -0.05) is 72.4 Å². The molecule has 4 rings (SSSR count). The Morgan fingerprint density at radius 3 is 2.26 bits per heavy atom. The summed E-state index contributed by atoms with van der Waals surface area (Å²) in [5, 5.41) is 13.9. The molecule has 0 aromatic heterocycles. The molecule has 1 amide bonds. The molecule has 0 saturated carbocycles. The number of nitrogens with zero attached hydrogens (tertiary/aromatic N) is 1. The van der Waals surface area contributed by atoms with Crippen molar-refractivity contribution in [2.45, 2.75) is 18.2 Å². The van der Waals surface area contributed by atoms with Crippen molar-refractivity contribution >= 4 is 28.4 Å². The third-order valence-electron chi connectivity index (χ3n) is 4.87. The zero-order chi connectivity index (χ0) is 21.6. The highest BCUT2D eigenvalue weighted by molar-refractivity contribution is 8.15. The van der Waals surface area contributed by atoms with Gasteiger partial charge < -0.3 is 10.4 Å². The summed E-state index contributed by atoms with van der Waals surface area (Å²) in [6.45, 7) is 0.405. The number of rotatable bonds is 6. The van der Waals surface area contributed by atoms with Crippen LogP contribution < -0.4 is 5.32 Å². The molecule has 1 unspecified atom stereocenters. The highest BCUT2D eigenvalue weighted by Gasteiger charge is 2.35. The van der Waals surface area contributed by atoms with E-state index in [4.69, 9.17) is 0 Å². The number of nitrogens with one attached hydrogen (secondary N) is 1. The molecule has 0 bridgehead atoms. The molecule has 0 fully saturated rings. The molecule has 4 nitrogen and oxygen atoms in total. The van der Waals surface area contributed by atoms with Gasteiger partial charge in [0.15, 0.2) is 0 Å². The Morgan fingerprint density at radius 1 is 0.935 bits per heavy atom. The van der Waals surface area contributed by atoms with Crippen molar-refractivity contribution in [2.75, 3.05) is 5.32 Å². The van der Waals surface area contributed by atoms with E-state index >= 15 is 0 Å². The van der Waals surface area contributed by atoms with Crippen molar-refractivity contribution in [3.8, 4) is 0 Å². The second kappa shape index (κ2) is 9.62. The van der Waals surface area contributed by atoms with E-state index in [1.807, 2.05) is 48.5 Å². The van der Waals surface area contributed by atoms with Crippen LogP contribution in [0.1, 0.15) is 11.1 Å². The maximum absolute atomic E-state index is 13.2. The summed E-state index contributed by atoms with van der Waals surface area (Å²) in [7, 11) is 0. The summed E-state index contributed by atoms with van der Waals surface area (Å²) in [4.78, 5) is 17.7. The summed E-state index contributed by atoms with van der Waals surface area (Å²) >= 11 is 1.36. The van der Waals surface area contributed by atoms with E-state index in [2.05, 4.69) is 10.3 Å². The van der Waals surface area contributed by atoms with Crippen LogP contribution in [0.3, 0.4) is 0 Å². The Bertz CT molecular complexity index is 1110. The van der Waals surface area contributed by atoms with Crippen LogP contribution >= 0.6 is 11.8 Å². The zero-order valence-corrected chi connectivity index (χ0v) is 17.5. The van der Waals surface area contributed by atoms with Gasteiger partial charge in [0.1, 0.15) is 22.2 Å². The molecular weight excluding hydrogens is 411 g/mol. The van der Waals surface area contributed by atoms with Crippen molar-refractivity contribution in [3.63, 3.8) is 0 Å². The van der Waals surface area contributed by atoms with E-state index in [0.29, 0.717) is 23.7 Å². The minimum Gasteiger partial charge on any atom is -0.510 e. The number of halogens is 1. The molecule has 2 N–H and O–H groups in total. The molecule has 0 saturated heterocycles. The van der Waals surface area contributed by atoms with Gasteiger partial charge in [0, 0.05) is 5.69 Å². The number of aliphatic imine (C=N–C) groups is 1. The molecule has 1 aliphatic heterocycles. The Labute approximate surface area is 184 Å². The van der Waals surface area contributed by atoms with E-state index in [9.17, 15) is 14.3 Å². The van der Waals surface area contributed by atoms with Gasteiger partial charge in [-0.25, -0.2) is 4.39 Å². The normalized spacial score (nSPS) is 17.2. The summed E-state index contributed by atoms with van der Waals surface area (Å²) in [6.07, 6.45) is 0.462. The molecule has 156 valence electrons. The number of carbonyl (C=O) groups excluding carboxylic acids is 1. The van der Waals surface area contributed by atoms with E-state index in [-0.39, 0.29) is 22.4 Å². The molecule has 31 heavy (non-hydrogen) atoms. The minimum atomic E-state index is -0.399. The lowest BCUT2D eigenvalue weighted by atomic mass is 10.1. The summed E-state index contributed by atoms with van der Waals surface area (Å²) in [5.41, 5.74) is 2.72. The van der Waals surface area contributed by atoms with Crippen LogP contribution in [0.4, 0.5) is 10.1 Å². The summed E-state index contributed by atoms with van der Waals surface area (Å²) in [5.74, 6) is -0.713. The number of benzene rings is 3. The molecule has 3 aromatic rings. The molecule has 6 heteroatoms. The second-order valence-electron chi connectivity index (χ2n) is 7.12. The van der Waals surface area contributed by atoms with Crippen LogP contribution in [0, 0.1) is 5.82 Å². The number of amides is 1. The number of aliphatic hydroxyl groups excluding tert-OH is 1. The summed E-state index contributed by atoms with van der Waals surface area (Å²) in [6, 6.07) is 25.0. The molecular formula is C25H21FN2O2S. The van der Waals surface area contributed by atoms with E-state index in [1.54, 1.807) is 24.3 Å². The number of hydrogen-bond donors (Lipinski definition) is 2. The van der Waals surface area contributed by atoms with Gasteiger partial charge in [-0.05, 0) is 41.8 Å². The predicted molar refractivity (Wildman–Crippen MR) is 124 cm³/mol. The number of para-hydroxylation sites is 1. The van der Waals surface area contributed by atoms with Crippen LogP contribution in [-0.4, -0.2) is 21.3 Å². The van der Waals surface area contributed by atoms with Crippen LogP contribution in [0.2, 0.25) is 0 Å². The van der Waals surface area contributed by atoms with Gasteiger partial charge in [0.2, 0.25) is 0 Å². The highest BCUT2D eigenvalue weighted by atomic mass is 32.2. The average Bonchev–Trinajstić information content (AvgIpc) is 3.10. The number of thioether (sulfide) groups is 1. The second-order valence-corrected chi connectivity index (χ2v) is 8.32. The van der Waals surface area contributed by atoms with E-state index in [1.165, 1.54) is 23.9 Å². The molecule has 1 atom stereocenters. The van der Waals surface area contributed by atoms with Gasteiger partial charge >= 0.3 is 0 Å². The van der Waals surface area contributed by atoms with Crippen LogP contribution in [-0.2, 0) is 17.8 Å². The van der Waals surface area contributed by atoms with Gasteiger partial charge in [-0.2, -0.15) is 0 Å². The Balaban J connectivity index is 1.60. The molecule has 0 spiro atoms. The van der Waals surface area contributed by atoms with Gasteiger partial charge in [0.05, 0.1) is 11.8 Å². The zero-order valence-electron chi connectivity index (χ0n) is 16.7. The first-order valence-electron chi connectivity index (χ1n) is 9.89. The fraction of sp³-hybridized carbons (Fsp3) is 0.120. The van der Waals surface area contributed by atoms with Crippen molar-refractivity contribution in [1.29, 1.82) is 0 Å². The van der Waals surface area contributed by atoms with Gasteiger partial charge in [0.25, 0.3) is 5.91 Å². The molecule has 0 radical (unpaired) electrons. The van der Waals surface area contributed by atoms with E-state index in [0.717, 1.165) is 11.1 Å². The van der Waals surface area contributed by atoms with Crippen LogP contribution in [0.5, 0.6) is 0 Å². The van der Waals surface area contributed by atoms with Gasteiger partial charge in [-0.15, -0.1) is 0 Å². The lowest BCUT2D eigenvalue weighted by molar-refractivity contribution is -0.112. The Morgan fingerprint density at radius 2 is 1.58 bits per heavy atom. The fourth-order valence-electron chi connectivity index (χ4n) is 3.28. The first kappa shape index (κ1) is 20.9. The van der Waals surface area contributed by atoms with E-state index < -0.39 is 5.91 Å². The number of aliphatic hydroxyl groups is 1. The molecule has 3 aromatic carbocycles. The number of hydrogen-bond acceptors (Lipinski definition) is 4. The largest absolute Gasteiger partial charge is 0.510 e. The molecule has 1 heterocycles. The fourth-order valence-corrected chi connectivity index (χ4v) is 4.51. The standard InChI is InChI=1S/C25H21FN2O2S/c26-19-13-11-17(12-14-19)15-21-23(29)22(24(30)28-20-9-5-2-6-10-20)25(31-21)27-16-18-7-3-1-4-8-18/h1-14,21,29H,15-16H2,(H,28,30). The monoisotopic (exact) mass is 432 g/mol. The Kier molecular flexibility index (Phi) is 6.48. The number of anilines is 1. The summed E-state index contributed by atoms with van der Waals surface area (Å²) < 4.78 is 13.2. The maximum atomic E-state index is 13.2. The Hall–Kier alpha value is -3.38. The molecule has 0 aliphatic carbocycles. The maximum Gasteiger partial charge on any atom is 0.261 e. The first-order chi connectivity index (χ1) is 15.1. The van der Waals surface area contributed by atoms with Crippen molar-refractivity contribution in [3.05, 3.63) is 113 Å². The van der Waals surface area contributed by atoms with Crippen molar-refractivity contribution < 1.29 is 14.3 Å². The van der Waals surface area contributed by atoms with Crippen molar-refractivity contribution in [2.24, 2.45) is 4.99 Å². The third kappa shape index (κ3) is 5.22. The van der Waals surface area contributed by atoms with Gasteiger partial charge in [-0.3, -0.25) is 9.79 Å². The molecule has 1 aliphatic rings. The quantitative estimate of drug-likeness (QED) is 0.538. The SMILES string of the molecule is O=C(Nc1ccccc1)C1=C(O)C(Cc2ccc(F)cc2)SC1=NCc1ccccc1. The smallest absolute Gasteiger partial charge is 0.261 e.